The second kappa shape index (κ2) is 7.19. The molecule has 0 aromatic rings. The fraction of sp³-hybridized carbons (Fsp3) is 0.923. The number of amides is 1. The van der Waals surface area contributed by atoms with E-state index in [0.29, 0.717) is 5.92 Å². The van der Waals surface area contributed by atoms with Crippen molar-refractivity contribution in [2.45, 2.75) is 52.7 Å². The normalized spacial score (nSPS) is 22.1. The Morgan fingerprint density at radius 1 is 1.50 bits per heavy atom. The molecule has 1 fully saturated rings. The van der Waals surface area contributed by atoms with Crippen LogP contribution >= 0.6 is 12.4 Å². The van der Waals surface area contributed by atoms with Crippen molar-refractivity contribution in [1.29, 1.82) is 0 Å². The molecule has 0 spiro atoms. The van der Waals surface area contributed by atoms with Crippen LogP contribution in [0.4, 0.5) is 4.79 Å². The van der Waals surface area contributed by atoms with Gasteiger partial charge in [-0.25, -0.2) is 4.79 Å². The van der Waals surface area contributed by atoms with E-state index >= 15 is 0 Å². The molecule has 18 heavy (non-hydrogen) atoms. The van der Waals surface area contributed by atoms with Crippen molar-refractivity contribution in [3.8, 4) is 0 Å². The van der Waals surface area contributed by atoms with Crippen LogP contribution in [0.1, 0.15) is 41.0 Å². The summed E-state index contributed by atoms with van der Waals surface area (Å²) < 4.78 is 5.46. The van der Waals surface area contributed by atoms with Gasteiger partial charge in [0.1, 0.15) is 5.60 Å². The Balaban J connectivity index is 0.00000289. The van der Waals surface area contributed by atoms with Crippen LogP contribution in [0.2, 0.25) is 0 Å². The minimum Gasteiger partial charge on any atom is -0.444 e. The SMILES string of the molecule is CC[C@H](C)[C@H]1CNCCN1C(=O)OC(C)(C)C.Cl. The third-order valence-corrected chi connectivity index (χ3v) is 3.21. The van der Waals surface area contributed by atoms with Crippen LogP contribution in [-0.2, 0) is 4.74 Å². The molecule has 0 aliphatic carbocycles. The van der Waals surface area contributed by atoms with Gasteiger partial charge in [-0.1, -0.05) is 20.3 Å². The van der Waals surface area contributed by atoms with Crippen LogP contribution in [0.25, 0.3) is 0 Å². The molecule has 2 atom stereocenters. The number of nitrogens with zero attached hydrogens (tertiary/aromatic N) is 1. The summed E-state index contributed by atoms with van der Waals surface area (Å²) >= 11 is 0. The maximum absolute atomic E-state index is 12.1. The van der Waals surface area contributed by atoms with Crippen molar-refractivity contribution in [3.05, 3.63) is 0 Å². The van der Waals surface area contributed by atoms with Gasteiger partial charge in [0.05, 0.1) is 6.04 Å². The largest absolute Gasteiger partial charge is 0.444 e. The lowest BCUT2D eigenvalue weighted by atomic mass is 9.96. The number of halogens is 1. The lowest BCUT2D eigenvalue weighted by molar-refractivity contribution is 0.00525. The van der Waals surface area contributed by atoms with Gasteiger partial charge in [0, 0.05) is 19.6 Å². The molecule has 1 N–H and O–H groups in total. The molecule has 0 radical (unpaired) electrons. The minimum absolute atomic E-state index is 0. The van der Waals surface area contributed by atoms with Crippen molar-refractivity contribution < 1.29 is 9.53 Å². The van der Waals surface area contributed by atoms with E-state index in [2.05, 4.69) is 19.2 Å². The zero-order chi connectivity index (χ0) is 13.1. The number of ether oxygens (including phenoxy) is 1. The molecule has 1 rings (SSSR count). The maximum Gasteiger partial charge on any atom is 0.410 e. The zero-order valence-electron chi connectivity index (χ0n) is 12.2. The van der Waals surface area contributed by atoms with E-state index in [-0.39, 0.29) is 24.5 Å². The molecule has 0 saturated carbocycles. The Morgan fingerprint density at radius 2 is 2.11 bits per heavy atom. The minimum atomic E-state index is -0.415. The molecule has 5 heteroatoms. The molecule has 0 bridgehead atoms. The molecule has 0 unspecified atom stereocenters. The van der Waals surface area contributed by atoms with E-state index in [1.54, 1.807) is 0 Å². The summed E-state index contributed by atoms with van der Waals surface area (Å²) in [5, 5.41) is 3.35. The first-order valence-electron chi connectivity index (χ1n) is 6.55. The van der Waals surface area contributed by atoms with Crippen molar-refractivity contribution in [2.75, 3.05) is 19.6 Å². The Bertz CT molecular complexity index is 266. The second-order valence-corrected chi connectivity index (χ2v) is 5.83. The fourth-order valence-electron chi connectivity index (χ4n) is 2.05. The average molecular weight is 279 g/mol. The highest BCUT2D eigenvalue weighted by Crippen LogP contribution is 2.19. The smallest absolute Gasteiger partial charge is 0.410 e. The molecule has 1 aliphatic rings. The molecule has 0 aromatic heterocycles. The predicted octanol–water partition coefficient (Wildman–Crippen LogP) is 2.66. The number of nitrogens with one attached hydrogen (secondary N) is 1. The van der Waals surface area contributed by atoms with Gasteiger partial charge in [-0.05, 0) is 26.7 Å². The van der Waals surface area contributed by atoms with Crippen LogP contribution in [0.15, 0.2) is 0 Å². The number of hydrogen-bond acceptors (Lipinski definition) is 3. The van der Waals surface area contributed by atoms with Gasteiger partial charge in [-0.3, -0.25) is 0 Å². The predicted molar refractivity (Wildman–Crippen MR) is 76.3 cm³/mol. The van der Waals surface area contributed by atoms with E-state index < -0.39 is 5.60 Å². The van der Waals surface area contributed by atoms with Crippen molar-refractivity contribution in [2.24, 2.45) is 5.92 Å². The number of carbonyl (C=O) groups excluding carboxylic acids is 1. The van der Waals surface area contributed by atoms with Gasteiger partial charge in [-0.2, -0.15) is 0 Å². The molecule has 0 aromatic carbocycles. The summed E-state index contributed by atoms with van der Waals surface area (Å²) in [7, 11) is 0. The van der Waals surface area contributed by atoms with Crippen LogP contribution < -0.4 is 5.32 Å². The molecular weight excluding hydrogens is 252 g/mol. The topological polar surface area (TPSA) is 41.6 Å². The van der Waals surface area contributed by atoms with Crippen LogP contribution in [-0.4, -0.2) is 42.3 Å². The first-order chi connectivity index (χ1) is 7.85. The third kappa shape index (κ3) is 5.02. The summed E-state index contributed by atoms with van der Waals surface area (Å²) in [6.45, 7) is 12.5. The number of carbonyl (C=O) groups is 1. The Kier molecular flexibility index (Phi) is 7.00. The standard InChI is InChI=1S/C13H26N2O2.ClH/c1-6-10(2)11-9-14-7-8-15(11)12(16)17-13(3,4)5;/h10-11,14H,6-9H2,1-5H3;1H/t10-,11+;/m0./s1. The van der Waals surface area contributed by atoms with Crippen LogP contribution in [0.3, 0.4) is 0 Å². The Labute approximate surface area is 117 Å². The molecule has 1 saturated heterocycles. The first kappa shape index (κ1) is 17.5. The van der Waals surface area contributed by atoms with Gasteiger partial charge < -0.3 is 15.0 Å². The summed E-state index contributed by atoms with van der Waals surface area (Å²) in [5.74, 6) is 0.496. The highest BCUT2D eigenvalue weighted by molar-refractivity contribution is 5.85. The Hall–Kier alpha value is -0.480. The second-order valence-electron chi connectivity index (χ2n) is 5.83. The lowest BCUT2D eigenvalue weighted by Crippen LogP contribution is -2.56. The van der Waals surface area contributed by atoms with Crippen molar-refractivity contribution in [3.63, 3.8) is 0 Å². The molecule has 1 amide bonds. The van der Waals surface area contributed by atoms with Gasteiger partial charge in [0.25, 0.3) is 0 Å². The molecule has 1 aliphatic heterocycles. The lowest BCUT2D eigenvalue weighted by Gasteiger charge is -2.39. The Morgan fingerprint density at radius 3 is 2.61 bits per heavy atom. The molecular formula is C13H27ClN2O2. The van der Waals surface area contributed by atoms with Crippen LogP contribution in [0, 0.1) is 5.92 Å². The highest BCUT2D eigenvalue weighted by atomic mass is 35.5. The van der Waals surface area contributed by atoms with E-state index in [9.17, 15) is 4.79 Å². The number of hydrogen-bond donors (Lipinski definition) is 1. The summed E-state index contributed by atoms with van der Waals surface area (Å²) in [4.78, 5) is 14.0. The van der Waals surface area contributed by atoms with E-state index in [1.807, 2.05) is 25.7 Å². The van der Waals surface area contributed by atoms with E-state index in [4.69, 9.17) is 4.74 Å². The van der Waals surface area contributed by atoms with Crippen LogP contribution in [0.5, 0.6) is 0 Å². The monoisotopic (exact) mass is 278 g/mol. The van der Waals surface area contributed by atoms with Crippen molar-refractivity contribution >= 4 is 18.5 Å². The molecule has 4 nitrogen and oxygen atoms in total. The van der Waals surface area contributed by atoms with Gasteiger partial charge in [0.2, 0.25) is 0 Å². The summed E-state index contributed by atoms with van der Waals surface area (Å²) in [6, 6.07) is 0.253. The average Bonchev–Trinajstić information content (AvgIpc) is 2.25. The van der Waals surface area contributed by atoms with Gasteiger partial charge in [-0.15, -0.1) is 12.4 Å². The summed E-state index contributed by atoms with van der Waals surface area (Å²) in [5.41, 5.74) is -0.415. The fourth-order valence-corrected chi connectivity index (χ4v) is 2.05. The van der Waals surface area contributed by atoms with E-state index in [1.165, 1.54) is 0 Å². The maximum atomic E-state index is 12.1. The summed E-state index contributed by atoms with van der Waals surface area (Å²) in [6.07, 6.45) is 0.898. The van der Waals surface area contributed by atoms with Gasteiger partial charge >= 0.3 is 6.09 Å². The third-order valence-electron chi connectivity index (χ3n) is 3.21. The van der Waals surface area contributed by atoms with Gasteiger partial charge in [0.15, 0.2) is 0 Å². The zero-order valence-corrected chi connectivity index (χ0v) is 13.0. The van der Waals surface area contributed by atoms with Crippen molar-refractivity contribution in [1.82, 2.24) is 10.2 Å². The molecule has 1 heterocycles. The van der Waals surface area contributed by atoms with E-state index in [0.717, 1.165) is 26.1 Å². The quantitative estimate of drug-likeness (QED) is 0.844. The number of piperazine rings is 1. The number of rotatable bonds is 2. The first-order valence-corrected chi connectivity index (χ1v) is 6.55. The highest BCUT2D eigenvalue weighted by Gasteiger charge is 2.32. The molecule has 108 valence electrons.